The van der Waals surface area contributed by atoms with Gasteiger partial charge >= 0.3 is 0 Å². The molecule has 3 rings (SSSR count). The second-order valence-corrected chi connectivity index (χ2v) is 5.85. The molecule has 1 heterocycles. The zero-order chi connectivity index (χ0) is 14.8. The van der Waals surface area contributed by atoms with Crippen molar-refractivity contribution in [1.29, 1.82) is 0 Å². The molecule has 0 saturated heterocycles. The van der Waals surface area contributed by atoms with Gasteiger partial charge in [-0.1, -0.05) is 11.6 Å². The Hall–Kier alpha value is -1.46. The topological polar surface area (TPSA) is 30.5 Å². The third-order valence-electron chi connectivity index (χ3n) is 3.07. The van der Waals surface area contributed by atoms with Gasteiger partial charge in [0.2, 0.25) is 0 Å². The molecule has 21 heavy (non-hydrogen) atoms. The summed E-state index contributed by atoms with van der Waals surface area (Å²) in [4.78, 5) is 0. The Morgan fingerprint density at radius 3 is 2.81 bits per heavy atom. The summed E-state index contributed by atoms with van der Waals surface area (Å²) in [6, 6.07) is 8.50. The van der Waals surface area contributed by atoms with Crippen molar-refractivity contribution < 1.29 is 13.9 Å². The lowest BCUT2D eigenvalue weighted by atomic mass is 10.2. The molecule has 0 fully saturated rings. The molecule has 0 radical (unpaired) electrons. The highest BCUT2D eigenvalue weighted by Crippen LogP contribution is 2.38. The number of ether oxygens (including phenoxy) is 2. The van der Waals surface area contributed by atoms with E-state index < -0.39 is 5.82 Å². The van der Waals surface area contributed by atoms with Gasteiger partial charge in [-0.05, 0) is 51.8 Å². The second kappa shape index (κ2) is 6.12. The Morgan fingerprint density at radius 1 is 1.19 bits per heavy atom. The zero-order valence-electron chi connectivity index (χ0n) is 11.0. The Balaban J connectivity index is 1.76. The molecule has 0 saturated carbocycles. The summed E-state index contributed by atoms with van der Waals surface area (Å²) in [6.45, 7) is 1.63. The predicted molar refractivity (Wildman–Crippen MR) is 83.9 cm³/mol. The van der Waals surface area contributed by atoms with E-state index in [0.29, 0.717) is 25.4 Å². The minimum absolute atomic E-state index is 0.114. The summed E-state index contributed by atoms with van der Waals surface area (Å²) in [7, 11) is 0. The summed E-state index contributed by atoms with van der Waals surface area (Å²) in [5, 5.41) is 3.26. The monoisotopic (exact) mass is 371 g/mol. The molecule has 110 valence electrons. The first kappa shape index (κ1) is 14.5. The first-order valence-corrected chi connectivity index (χ1v) is 7.57. The smallest absolute Gasteiger partial charge is 0.175 e. The SMILES string of the molecule is Fc1cc(NCc2cc(Br)c3c(c2)OCCO3)ccc1Cl. The zero-order valence-corrected chi connectivity index (χ0v) is 13.3. The fourth-order valence-electron chi connectivity index (χ4n) is 2.08. The average molecular weight is 373 g/mol. The Kier molecular flexibility index (Phi) is 4.22. The molecule has 6 heteroatoms. The van der Waals surface area contributed by atoms with Gasteiger partial charge in [-0.15, -0.1) is 0 Å². The van der Waals surface area contributed by atoms with Crippen molar-refractivity contribution in [2.75, 3.05) is 18.5 Å². The van der Waals surface area contributed by atoms with Crippen LogP contribution >= 0.6 is 27.5 Å². The van der Waals surface area contributed by atoms with Crippen molar-refractivity contribution in [3.63, 3.8) is 0 Å². The van der Waals surface area contributed by atoms with Crippen molar-refractivity contribution in [3.05, 3.63) is 51.2 Å². The van der Waals surface area contributed by atoms with Crippen LogP contribution in [-0.2, 0) is 6.54 Å². The lowest BCUT2D eigenvalue weighted by molar-refractivity contribution is 0.170. The van der Waals surface area contributed by atoms with Crippen LogP contribution in [0.25, 0.3) is 0 Å². The van der Waals surface area contributed by atoms with Gasteiger partial charge in [0.1, 0.15) is 19.0 Å². The molecule has 0 amide bonds. The van der Waals surface area contributed by atoms with Crippen LogP contribution in [0.4, 0.5) is 10.1 Å². The van der Waals surface area contributed by atoms with Crippen LogP contribution in [0.2, 0.25) is 5.02 Å². The molecule has 0 aromatic heterocycles. The summed E-state index contributed by atoms with van der Waals surface area (Å²) in [5.41, 5.74) is 1.67. The normalized spacial score (nSPS) is 13.1. The van der Waals surface area contributed by atoms with Gasteiger partial charge in [-0.3, -0.25) is 0 Å². The number of fused-ring (bicyclic) bond motifs is 1. The first-order chi connectivity index (χ1) is 10.1. The average Bonchev–Trinajstić information content (AvgIpc) is 2.49. The van der Waals surface area contributed by atoms with E-state index in [1.807, 2.05) is 12.1 Å². The van der Waals surface area contributed by atoms with Gasteiger partial charge < -0.3 is 14.8 Å². The Morgan fingerprint density at radius 2 is 2.00 bits per heavy atom. The van der Waals surface area contributed by atoms with Gasteiger partial charge in [0.15, 0.2) is 11.5 Å². The number of halogens is 3. The molecule has 1 aliphatic rings. The standard InChI is InChI=1S/C15H12BrClFNO2/c16-11-5-9(6-14-15(11)21-4-3-20-14)8-19-10-1-2-12(17)13(18)7-10/h1-2,5-7,19H,3-4,8H2. The molecule has 1 aliphatic heterocycles. The lowest BCUT2D eigenvalue weighted by Crippen LogP contribution is -2.16. The van der Waals surface area contributed by atoms with Crippen LogP contribution in [0.1, 0.15) is 5.56 Å². The molecular formula is C15H12BrClFNO2. The van der Waals surface area contributed by atoms with E-state index in [0.717, 1.165) is 21.5 Å². The highest BCUT2D eigenvalue weighted by Gasteiger charge is 2.16. The second-order valence-electron chi connectivity index (χ2n) is 4.58. The van der Waals surface area contributed by atoms with Crippen LogP contribution in [-0.4, -0.2) is 13.2 Å². The number of hydrogen-bond donors (Lipinski definition) is 1. The van der Waals surface area contributed by atoms with Crippen molar-refractivity contribution >= 4 is 33.2 Å². The van der Waals surface area contributed by atoms with E-state index in [1.165, 1.54) is 12.1 Å². The third kappa shape index (κ3) is 3.24. The lowest BCUT2D eigenvalue weighted by Gasteiger charge is -2.20. The molecule has 0 aliphatic carbocycles. The molecule has 3 nitrogen and oxygen atoms in total. The van der Waals surface area contributed by atoms with E-state index in [9.17, 15) is 4.39 Å². The third-order valence-corrected chi connectivity index (χ3v) is 3.97. The van der Waals surface area contributed by atoms with Crippen LogP contribution in [0.5, 0.6) is 11.5 Å². The van der Waals surface area contributed by atoms with E-state index in [-0.39, 0.29) is 5.02 Å². The van der Waals surface area contributed by atoms with Crippen LogP contribution in [0.3, 0.4) is 0 Å². The molecular weight excluding hydrogens is 361 g/mol. The number of benzene rings is 2. The number of anilines is 1. The van der Waals surface area contributed by atoms with Gasteiger partial charge in [0.25, 0.3) is 0 Å². The van der Waals surface area contributed by atoms with Crippen LogP contribution in [0, 0.1) is 5.82 Å². The molecule has 0 bridgehead atoms. The summed E-state index contributed by atoms with van der Waals surface area (Å²) in [6.07, 6.45) is 0. The van der Waals surface area contributed by atoms with Crippen molar-refractivity contribution in [1.82, 2.24) is 0 Å². The van der Waals surface area contributed by atoms with Crippen molar-refractivity contribution in [3.8, 4) is 11.5 Å². The van der Waals surface area contributed by atoms with E-state index in [1.54, 1.807) is 6.07 Å². The molecule has 0 spiro atoms. The van der Waals surface area contributed by atoms with Crippen molar-refractivity contribution in [2.24, 2.45) is 0 Å². The molecule has 2 aromatic rings. The van der Waals surface area contributed by atoms with Crippen LogP contribution in [0.15, 0.2) is 34.8 Å². The maximum Gasteiger partial charge on any atom is 0.175 e. The highest BCUT2D eigenvalue weighted by atomic mass is 79.9. The largest absolute Gasteiger partial charge is 0.486 e. The van der Waals surface area contributed by atoms with Gasteiger partial charge in [0, 0.05) is 12.2 Å². The van der Waals surface area contributed by atoms with Gasteiger partial charge in [0.05, 0.1) is 9.50 Å². The summed E-state index contributed by atoms with van der Waals surface area (Å²) in [5.74, 6) is 1.00. The van der Waals surface area contributed by atoms with E-state index in [4.69, 9.17) is 21.1 Å². The summed E-state index contributed by atoms with van der Waals surface area (Å²) < 4.78 is 25.3. The van der Waals surface area contributed by atoms with Crippen LogP contribution < -0.4 is 14.8 Å². The first-order valence-electron chi connectivity index (χ1n) is 6.40. The predicted octanol–water partition coefficient (Wildman–Crippen LogP) is 4.62. The molecule has 0 unspecified atom stereocenters. The van der Waals surface area contributed by atoms with Crippen molar-refractivity contribution in [2.45, 2.75) is 6.54 Å². The number of rotatable bonds is 3. The van der Waals surface area contributed by atoms with E-state index in [2.05, 4.69) is 21.2 Å². The molecule has 2 aromatic carbocycles. The minimum Gasteiger partial charge on any atom is -0.486 e. The maximum atomic E-state index is 13.4. The molecule has 1 N–H and O–H groups in total. The fourth-order valence-corrected chi connectivity index (χ4v) is 2.80. The Bertz CT molecular complexity index is 681. The quantitative estimate of drug-likeness (QED) is 0.852. The molecule has 0 atom stereocenters. The highest BCUT2D eigenvalue weighted by molar-refractivity contribution is 9.10. The van der Waals surface area contributed by atoms with E-state index >= 15 is 0 Å². The summed E-state index contributed by atoms with van der Waals surface area (Å²) >= 11 is 9.13. The fraction of sp³-hybridized carbons (Fsp3) is 0.200. The number of nitrogens with one attached hydrogen (secondary N) is 1. The van der Waals surface area contributed by atoms with Gasteiger partial charge in [-0.2, -0.15) is 0 Å². The van der Waals surface area contributed by atoms with Gasteiger partial charge in [-0.25, -0.2) is 4.39 Å². The number of hydrogen-bond acceptors (Lipinski definition) is 3. The minimum atomic E-state index is -0.440. The Labute approximate surface area is 135 Å². The maximum absolute atomic E-state index is 13.4.